The smallest absolute Gasteiger partial charge is 0.220 e. The minimum atomic E-state index is -1.97. The Hall–Kier alpha value is -1.47. The zero-order chi connectivity index (χ0) is 59.7. The number of carbonyl (C=O) groups excluding carboxylic acids is 1. The lowest BCUT2D eigenvalue weighted by Crippen LogP contribution is -2.66. The number of hydrogen-bond acceptors (Lipinski definition) is 18. The second kappa shape index (κ2) is 46.7. The van der Waals surface area contributed by atoms with Crippen LogP contribution in [0.5, 0.6) is 0 Å². The first-order valence-electron chi connectivity index (χ1n) is 32.9. The van der Waals surface area contributed by atoms with Crippen LogP contribution in [0.2, 0.25) is 0 Å². The molecule has 1 amide bonds. The molecule has 3 aliphatic heterocycles. The van der Waals surface area contributed by atoms with E-state index in [4.69, 9.17) is 28.4 Å². The van der Waals surface area contributed by atoms with Crippen molar-refractivity contribution in [3.8, 4) is 0 Å². The number of nitrogens with one attached hydrogen (secondary N) is 1. The summed E-state index contributed by atoms with van der Waals surface area (Å²) < 4.78 is 34.3. The van der Waals surface area contributed by atoms with E-state index in [1.54, 1.807) is 6.08 Å². The van der Waals surface area contributed by atoms with Crippen LogP contribution in [0.1, 0.15) is 251 Å². The molecule has 484 valence electrons. The molecule has 17 atom stereocenters. The minimum absolute atomic E-state index is 0.247. The summed E-state index contributed by atoms with van der Waals surface area (Å²) in [5, 5.41) is 120. The van der Waals surface area contributed by atoms with Crippen molar-refractivity contribution in [3.63, 3.8) is 0 Å². The van der Waals surface area contributed by atoms with Crippen molar-refractivity contribution in [3.05, 3.63) is 12.2 Å². The summed E-state index contributed by atoms with van der Waals surface area (Å²) in [5.41, 5.74) is 0. The SMILES string of the molecule is CCCCCCCCCCCCCCCCCCCCCCCCCCC/C=C/C(O)C(COC1OC(CO)C(OC2OC(CO)C(OC3OC(CO)C(O)C(O)C3O)C(O)C2O)C(O)C1O)NC(=O)CCCCCCCCCCCC. The summed E-state index contributed by atoms with van der Waals surface area (Å²) in [6.07, 6.45) is 22.2. The standard InChI is InChI=1S/C63H119NO18/c1-3-5-7-9-11-13-15-16-17-18-19-20-21-22-23-24-25-26-27-28-29-30-31-32-34-36-38-40-47(68)46(64-51(69)41-39-37-35-33-14-12-10-8-6-4-2)45-77-61-57(75)54(72)59(49(43-66)79-61)82-63-58(76)55(73)60(50(44-67)80-63)81-62-56(74)53(71)52(70)48(42-65)78-62/h38,40,46-50,52-63,65-68,70-76H,3-37,39,41-45H2,1-2H3,(H,64,69)/b40-38+. The number of aliphatic hydroxyl groups is 11. The Morgan fingerprint density at radius 1 is 0.427 bits per heavy atom. The van der Waals surface area contributed by atoms with Crippen molar-refractivity contribution in [2.24, 2.45) is 0 Å². The Bertz CT molecular complexity index is 1550. The van der Waals surface area contributed by atoms with Gasteiger partial charge in [0.05, 0.1) is 38.6 Å². The van der Waals surface area contributed by atoms with E-state index in [1.165, 1.54) is 180 Å². The molecule has 19 nitrogen and oxygen atoms in total. The molecular weight excluding hydrogens is 1060 g/mol. The van der Waals surface area contributed by atoms with Crippen molar-refractivity contribution in [1.29, 1.82) is 0 Å². The van der Waals surface area contributed by atoms with Gasteiger partial charge in [0.25, 0.3) is 0 Å². The van der Waals surface area contributed by atoms with Gasteiger partial charge in [-0.3, -0.25) is 4.79 Å². The van der Waals surface area contributed by atoms with Gasteiger partial charge >= 0.3 is 0 Å². The Morgan fingerprint density at radius 2 is 0.756 bits per heavy atom. The Labute approximate surface area is 493 Å². The van der Waals surface area contributed by atoms with Crippen LogP contribution in [0.25, 0.3) is 0 Å². The average molecular weight is 1180 g/mol. The first-order chi connectivity index (χ1) is 39.8. The van der Waals surface area contributed by atoms with E-state index >= 15 is 0 Å². The highest BCUT2D eigenvalue weighted by Gasteiger charge is 2.53. The Balaban J connectivity index is 1.41. The zero-order valence-electron chi connectivity index (χ0n) is 50.7. The first kappa shape index (κ1) is 74.8. The van der Waals surface area contributed by atoms with Crippen molar-refractivity contribution < 1.29 is 89.4 Å². The summed E-state index contributed by atoms with van der Waals surface area (Å²) >= 11 is 0. The van der Waals surface area contributed by atoms with Gasteiger partial charge in [-0.25, -0.2) is 0 Å². The average Bonchev–Trinajstić information content (AvgIpc) is 3.60. The van der Waals surface area contributed by atoms with Crippen molar-refractivity contribution in [2.75, 3.05) is 26.4 Å². The molecule has 3 fully saturated rings. The molecule has 3 rings (SSSR count). The molecular formula is C63H119NO18. The number of amides is 1. The molecule has 0 aromatic rings. The number of ether oxygens (including phenoxy) is 6. The molecule has 3 heterocycles. The van der Waals surface area contributed by atoms with E-state index in [1.807, 2.05) is 6.08 Å². The molecule has 0 aromatic carbocycles. The molecule has 0 radical (unpaired) electrons. The lowest BCUT2D eigenvalue weighted by atomic mass is 9.96. The van der Waals surface area contributed by atoms with E-state index in [9.17, 15) is 61.0 Å². The fourth-order valence-electron chi connectivity index (χ4n) is 11.4. The number of carbonyl (C=O) groups is 1. The van der Waals surface area contributed by atoms with Crippen molar-refractivity contribution >= 4 is 5.91 Å². The normalized spacial score (nSPS) is 29.6. The summed E-state index contributed by atoms with van der Waals surface area (Å²) in [5.74, 6) is -0.275. The lowest BCUT2D eigenvalue weighted by molar-refractivity contribution is -0.379. The maximum Gasteiger partial charge on any atom is 0.220 e. The molecule has 19 heteroatoms. The van der Waals surface area contributed by atoms with E-state index in [0.29, 0.717) is 6.42 Å². The maximum absolute atomic E-state index is 13.3. The summed E-state index contributed by atoms with van der Waals surface area (Å²) in [6, 6.07) is -0.966. The third kappa shape index (κ3) is 29.5. The topological polar surface area (TPSA) is 307 Å². The van der Waals surface area contributed by atoms with Crippen molar-refractivity contribution in [2.45, 2.75) is 356 Å². The quantitative estimate of drug-likeness (QED) is 0.0210. The Morgan fingerprint density at radius 3 is 1.15 bits per heavy atom. The highest BCUT2D eigenvalue weighted by atomic mass is 16.8. The highest BCUT2D eigenvalue weighted by molar-refractivity contribution is 5.76. The van der Waals surface area contributed by atoms with Gasteiger partial charge in [0.15, 0.2) is 18.9 Å². The summed E-state index contributed by atoms with van der Waals surface area (Å²) in [7, 11) is 0. The van der Waals surface area contributed by atoms with E-state index in [-0.39, 0.29) is 18.9 Å². The lowest BCUT2D eigenvalue weighted by Gasteiger charge is -2.48. The Kier molecular flexibility index (Phi) is 42.5. The third-order valence-electron chi connectivity index (χ3n) is 16.8. The second-order valence-corrected chi connectivity index (χ2v) is 23.9. The van der Waals surface area contributed by atoms with Crippen LogP contribution in [0.3, 0.4) is 0 Å². The van der Waals surface area contributed by atoms with Crippen LogP contribution in [-0.2, 0) is 33.2 Å². The summed E-state index contributed by atoms with van der Waals surface area (Å²) in [4.78, 5) is 13.3. The second-order valence-electron chi connectivity index (χ2n) is 23.9. The minimum Gasteiger partial charge on any atom is -0.394 e. The molecule has 0 aliphatic carbocycles. The molecule has 0 saturated carbocycles. The maximum atomic E-state index is 13.3. The molecule has 0 aromatic heterocycles. The monoisotopic (exact) mass is 1180 g/mol. The van der Waals surface area contributed by atoms with Gasteiger partial charge in [0.2, 0.25) is 5.91 Å². The van der Waals surface area contributed by atoms with Gasteiger partial charge in [-0.2, -0.15) is 0 Å². The van der Waals surface area contributed by atoms with Crippen LogP contribution >= 0.6 is 0 Å². The largest absolute Gasteiger partial charge is 0.394 e. The first-order valence-corrected chi connectivity index (χ1v) is 32.9. The van der Waals surface area contributed by atoms with Gasteiger partial charge in [0.1, 0.15) is 73.2 Å². The van der Waals surface area contributed by atoms with Crippen LogP contribution in [-0.4, -0.2) is 193 Å². The molecule has 17 unspecified atom stereocenters. The number of aliphatic hydroxyl groups excluding tert-OH is 11. The molecule has 3 aliphatic rings. The molecule has 3 saturated heterocycles. The van der Waals surface area contributed by atoms with Crippen molar-refractivity contribution in [1.82, 2.24) is 5.32 Å². The zero-order valence-corrected chi connectivity index (χ0v) is 50.7. The fraction of sp³-hybridized carbons (Fsp3) is 0.952. The number of unbranched alkanes of at least 4 members (excludes halogenated alkanes) is 34. The van der Waals surface area contributed by atoms with E-state index < -0.39 is 124 Å². The van der Waals surface area contributed by atoms with Gasteiger partial charge in [-0.15, -0.1) is 0 Å². The van der Waals surface area contributed by atoms with Gasteiger partial charge in [-0.1, -0.05) is 238 Å². The molecule has 0 bridgehead atoms. The van der Waals surface area contributed by atoms with Gasteiger partial charge < -0.3 is 89.9 Å². The molecule has 82 heavy (non-hydrogen) atoms. The van der Waals surface area contributed by atoms with Crippen LogP contribution in [0, 0.1) is 0 Å². The van der Waals surface area contributed by atoms with Crippen LogP contribution in [0.15, 0.2) is 12.2 Å². The fourth-order valence-corrected chi connectivity index (χ4v) is 11.4. The van der Waals surface area contributed by atoms with Crippen LogP contribution in [0.4, 0.5) is 0 Å². The van der Waals surface area contributed by atoms with E-state index in [2.05, 4.69) is 19.2 Å². The predicted octanol–water partition coefficient (Wildman–Crippen LogP) is 7.33. The van der Waals surface area contributed by atoms with Crippen LogP contribution < -0.4 is 5.32 Å². The number of hydrogen-bond donors (Lipinski definition) is 12. The van der Waals surface area contributed by atoms with Gasteiger partial charge in [-0.05, 0) is 19.3 Å². The number of rotatable bonds is 50. The number of allylic oxidation sites excluding steroid dienone is 1. The predicted molar refractivity (Wildman–Crippen MR) is 314 cm³/mol. The molecule has 12 N–H and O–H groups in total. The van der Waals surface area contributed by atoms with Gasteiger partial charge in [0, 0.05) is 6.42 Å². The third-order valence-corrected chi connectivity index (χ3v) is 16.8. The van der Waals surface area contributed by atoms with E-state index in [0.717, 1.165) is 44.9 Å². The molecule has 0 spiro atoms. The summed E-state index contributed by atoms with van der Waals surface area (Å²) in [6.45, 7) is 1.73. The highest BCUT2D eigenvalue weighted by Crippen LogP contribution is 2.33.